The zero-order valence-corrected chi connectivity index (χ0v) is 13.2. The zero-order valence-electron chi connectivity index (χ0n) is 11.6. The molecular weight excluding hydrogens is 380 g/mol. The number of allylic oxidation sites excluding steroid dienone is 1. The summed E-state index contributed by atoms with van der Waals surface area (Å²) in [6.07, 6.45) is -4.74. The van der Waals surface area contributed by atoms with Crippen LogP contribution in [0.2, 0.25) is 0 Å². The Morgan fingerprint density at radius 2 is 1.75 bits per heavy atom. The molecule has 24 heavy (non-hydrogen) atoms. The molecule has 0 amide bonds. The summed E-state index contributed by atoms with van der Waals surface area (Å²) in [6.45, 7) is 0. The van der Waals surface area contributed by atoms with Crippen LogP contribution >= 0.6 is 12.2 Å². The van der Waals surface area contributed by atoms with Crippen molar-refractivity contribution >= 4 is 27.2 Å². The van der Waals surface area contributed by atoms with E-state index in [2.05, 4.69) is 17.2 Å². The number of isothiocyanates is 1. The lowest BCUT2D eigenvalue weighted by molar-refractivity contribution is -0.246. The van der Waals surface area contributed by atoms with Crippen LogP contribution in [0.4, 0.5) is 26.3 Å². The molecule has 11 heteroatoms. The van der Waals surface area contributed by atoms with Crippen LogP contribution in [-0.4, -0.2) is 31.8 Å². The molecule has 0 saturated heterocycles. The number of sulfone groups is 1. The summed E-state index contributed by atoms with van der Waals surface area (Å²) in [6, 6.07) is 7.18. The number of nitrogens with zero attached hydrogens (tertiary/aromatic N) is 1. The standard InChI is InChI=1S/C13H9F6NO2S2/c14-11(15)13(18,19)12(16,17)10(20-8-23)7-24(21,22)6-9-4-2-1-3-5-9/h1-5,7,11H,6H2. The highest BCUT2D eigenvalue weighted by atomic mass is 32.2. The number of benzene rings is 1. The number of thiocarbonyl (C=S) groups is 1. The van der Waals surface area contributed by atoms with E-state index >= 15 is 0 Å². The van der Waals surface area contributed by atoms with Gasteiger partial charge in [0.15, 0.2) is 9.84 Å². The number of aliphatic imine (C=N–C) groups is 1. The molecule has 0 aliphatic heterocycles. The quantitative estimate of drug-likeness (QED) is 0.401. The van der Waals surface area contributed by atoms with Crippen molar-refractivity contribution in [2.45, 2.75) is 24.0 Å². The van der Waals surface area contributed by atoms with Gasteiger partial charge in [-0.3, -0.25) is 0 Å². The first-order valence-electron chi connectivity index (χ1n) is 6.04. The molecular formula is C13H9F6NO2S2. The Kier molecular flexibility index (Phi) is 6.32. The first-order valence-corrected chi connectivity index (χ1v) is 8.17. The first kappa shape index (κ1) is 20.3. The van der Waals surface area contributed by atoms with Gasteiger partial charge in [0.2, 0.25) is 0 Å². The second-order valence-corrected chi connectivity index (χ2v) is 6.53. The summed E-state index contributed by atoms with van der Waals surface area (Å²) in [4.78, 5) is 2.55. The topological polar surface area (TPSA) is 46.5 Å². The summed E-state index contributed by atoms with van der Waals surface area (Å²) in [7, 11) is -4.53. The van der Waals surface area contributed by atoms with Gasteiger partial charge >= 0.3 is 18.3 Å². The molecule has 1 aromatic carbocycles. The van der Waals surface area contributed by atoms with Gasteiger partial charge in [0.1, 0.15) is 5.70 Å². The Balaban J connectivity index is 3.33. The Morgan fingerprint density at radius 3 is 2.21 bits per heavy atom. The van der Waals surface area contributed by atoms with E-state index in [0.29, 0.717) is 0 Å². The van der Waals surface area contributed by atoms with E-state index in [9.17, 15) is 34.8 Å². The van der Waals surface area contributed by atoms with Crippen molar-refractivity contribution in [2.24, 2.45) is 4.99 Å². The van der Waals surface area contributed by atoms with Gasteiger partial charge in [-0.15, -0.1) is 0 Å². The van der Waals surface area contributed by atoms with Gasteiger partial charge in [-0.25, -0.2) is 17.2 Å². The maximum Gasteiger partial charge on any atom is 0.375 e. The fourth-order valence-corrected chi connectivity index (χ4v) is 2.93. The predicted molar refractivity (Wildman–Crippen MR) is 78.1 cm³/mol. The molecule has 3 nitrogen and oxygen atoms in total. The lowest BCUT2D eigenvalue weighted by Gasteiger charge is -2.25. The fourth-order valence-electron chi connectivity index (χ4n) is 1.55. The van der Waals surface area contributed by atoms with Gasteiger partial charge < -0.3 is 0 Å². The Hall–Kier alpha value is -1.71. The van der Waals surface area contributed by atoms with E-state index in [-0.39, 0.29) is 11.0 Å². The van der Waals surface area contributed by atoms with E-state index in [1.54, 1.807) is 6.07 Å². The average molecular weight is 389 g/mol. The molecule has 0 saturated carbocycles. The SMILES string of the molecule is O=S(=O)(C=C(N=C=S)C(F)(F)C(F)(F)C(F)F)Cc1ccccc1. The first-order chi connectivity index (χ1) is 10.9. The Bertz CT molecular complexity index is 756. The highest BCUT2D eigenvalue weighted by Crippen LogP contribution is 2.44. The van der Waals surface area contributed by atoms with Crippen molar-refractivity contribution in [1.82, 2.24) is 0 Å². The molecule has 0 aliphatic carbocycles. The minimum absolute atomic E-state index is 0.170. The van der Waals surface area contributed by atoms with Crippen molar-refractivity contribution in [1.29, 1.82) is 0 Å². The zero-order chi connectivity index (χ0) is 18.6. The molecule has 0 spiro atoms. The second-order valence-electron chi connectivity index (χ2n) is 4.50. The van der Waals surface area contributed by atoms with Crippen LogP contribution in [-0.2, 0) is 15.6 Å². The normalized spacial score (nSPS) is 13.7. The highest BCUT2D eigenvalue weighted by molar-refractivity contribution is 7.93. The lowest BCUT2D eigenvalue weighted by atomic mass is 10.1. The monoisotopic (exact) mass is 389 g/mol. The van der Waals surface area contributed by atoms with Gasteiger partial charge in [0, 0.05) is 0 Å². The summed E-state index contributed by atoms with van der Waals surface area (Å²) in [5, 5.41) is 0.993. The lowest BCUT2D eigenvalue weighted by Crippen LogP contribution is -2.47. The van der Waals surface area contributed by atoms with E-state index < -0.39 is 39.6 Å². The molecule has 0 unspecified atom stereocenters. The van der Waals surface area contributed by atoms with Crippen LogP contribution in [0, 0.1) is 0 Å². The van der Waals surface area contributed by atoms with Gasteiger partial charge in [-0.05, 0) is 17.8 Å². The number of halogens is 6. The van der Waals surface area contributed by atoms with Crippen LogP contribution in [0.5, 0.6) is 0 Å². The molecule has 132 valence electrons. The molecule has 0 aromatic heterocycles. The minimum Gasteiger partial charge on any atom is -0.224 e. The molecule has 0 fully saturated rings. The summed E-state index contributed by atoms with van der Waals surface area (Å²) < 4.78 is 101. The van der Waals surface area contributed by atoms with Gasteiger partial charge in [-0.2, -0.15) is 22.6 Å². The molecule has 0 N–H and O–H groups in total. The number of alkyl halides is 6. The summed E-state index contributed by atoms with van der Waals surface area (Å²) >= 11 is 3.99. The molecule has 0 heterocycles. The van der Waals surface area contributed by atoms with Crippen molar-refractivity contribution in [3.63, 3.8) is 0 Å². The number of hydrogen-bond acceptors (Lipinski definition) is 4. The predicted octanol–water partition coefficient (Wildman–Crippen LogP) is 4.08. The Labute approximate surface area is 138 Å². The molecule has 0 radical (unpaired) electrons. The van der Waals surface area contributed by atoms with E-state index in [1.807, 2.05) is 0 Å². The van der Waals surface area contributed by atoms with Crippen LogP contribution in [0.3, 0.4) is 0 Å². The van der Waals surface area contributed by atoms with E-state index in [0.717, 1.165) is 0 Å². The van der Waals surface area contributed by atoms with Crippen LogP contribution < -0.4 is 0 Å². The molecule has 1 aromatic rings. The van der Waals surface area contributed by atoms with E-state index in [4.69, 9.17) is 0 Å². The maximum atomic E-state index is 13.6. The van der Waals surface area contributed by atoms with Crippen LogP contribution in [0.1, 0.15) is 5.56 Å². The van der Waals surface area contributed by atoms with Gasteiger partial charge in [0.05, 0.1) is 16.3 Å². The molecule has 0 aliphatic rings. The van der Waals surface area contributed by atoms with Crippen molar-refractivity contribution < 1.29 is 34.8 Å². The third-order valence-electron chi connectivity index (χ3n) is 2.68. The van der Waals surface area contributed by atoms with Crippen LogP contribution in [0.15, 0.2) is 46.4 Å². The smallest absolute Gasteiger partial charge is 0.224 e. The molecule has 0 atom stereocenters. The third-order valence-corrected chi connectivity index (χ3v) is 4.09. The molecule has 0 bridgehead atoms. The van der Waals surface area contributed by atoms with Crippen molar-refractivity contribution in [3.05, 3.63) is 47.0 Å². The highest BCUT2D eigenvalue weighted by Gasteiger charge is 2.65. The van der Waals surface area contributed by atoms with Crippen molar-refractivity contribution in [2.75, 3.05) is 0 Å². The van der Waals surface area contributed by atoms with E-state index in [1.165, 1.54) is 29.4 Å². The average Bonchev–Trinajstić information content (AvgIpc) is 2.46. The summed E-state index contributed by atoms with van der Waals surface area (Å²) in [5.74, 6) is -12.2. The number of rotatable bonds is 7. The number of hydrogen-bond donors (Lipinski definition) is 0. The largest absolute Gasteiger partial charge is 0.375 e. The second kappa shape index (κ2) is 7.45. The molecule has 1 rings (SSSR count). The fraction of sp³-hybridized carbons (Fsp3) is 0.308. The third kappa shape index (κ3) is 4.65. The Morgan fingerprint density at radius 1 is 1.21 bits per heavy atom. The van der Waals surface area contributed by atoms with Gasteiger partial charge in [-0.1, -0.05) is 30.3 Å². The van der Waals surface area contributed by atoms with Crippen molar-refractivity contribution in [3.8, 4) is 0 Å². The minimum atomic E-state index is -5.84. The van der Waals surface area contributed by atoms with Crippen LogP contribution in [0.25, 0.3) is 0 Å². The maximum absolute atomic E-state index is 13.6. The summed E-state index contributed by atoms with van der Waals surface area (Å²) in [5.41, 5.74) is -1.94. The van der Waals surface area contributed by atoms with Gasteiger partial charge in [0.25, 0.3) is 0 Å².